The lowest BCUT2D eigenvalue weighted by atomic mass is 9.98. The van der Waals surface area contributed by atoms with Gasteiger partial charge >= 0.3 is 5.97 Å². The molecule has 6 heteroatoms. The Bertz CT molecular complexity index is 925. The zero-order valence-corrected chi connectivity index (χ0v) is 17.5. The molecule has 0 fully saturated rings. The van der Waals surface area contributed by atoms with Crippen LogP contribution in [0, 0.1) is 5.92 Å². The number of carboxylic acid groups (broad SMARTS) is 1. The molecule has 1 heterocycles. The number of carbonyl (C=O) groups is 2. The number of aliphatic carboxylic acids is 1. The normalized spacial score (nSPS) is 12.9. The molecule has 0 aliphatic rings. The van der Waals surface area contributed by atoms with Crippen LogP contribution in [0.15, 0.2) is 71.4 Å². The van der Waals surface area contributed by atoms with Crippen molar-refractivity contribution in [2.45, 2.75) is 18.9 Å². The van der Waals surface area contributed by atoms with Crippen LogP contribution in [0.3, 0.4) is 0 Å². The third-order valence-corrected chi connectivity index (χ3v) is 5.90. The summed E-state index contributed by atoms with van der Waals surface area (Å²) in [6.45, 7) is 0. The van der Waals surface area contributed by atoms with Crippen LogP contribution < -0.4 is 5.32 Å². The van der Waals surface area contributed by atoms with Crippen LogP contribution in [0.25, 0.3) is 11.1 Å². The van der Waals surface area contributed by atoms with Crippen LogP contribution in [0.2, 0.25) is 0 Å². The van der Waals surface area contributed by atoms with Crippen molar-refractivity contribution in [3.05, 3.63) is 82.6 Å². The Labute approximate surface area is 180 Å². The van der Waals surface area contributed by atoms with E-state index in [1.165, 1.54) is 0 Å². The molecule has 0 spiro atoms. The van der Waals surface area contributed by atoms with Crippen LogP contribution in [-0.2, 0) is 22.4 Å². The lowest BCUT2D eigenvalue weighted by Crippen LogP contribution is -2.45. The zero-order valence-electron chi connectivity index (χ0n) is 15.8. The second-order valence-electron chi connectivity index (χ2n) is 6.88. The Balaban J connectivity index is 1.64. The minimum absolute atomic E-state index is 0.232. The Hall–Kier alpha value is -2.57. The molecule has 2 atom stereocenters. The molecule has 2 N–H and O–H groups in total. The molecule has 0 aliphatic heterocycles. The summed E-state index contributed by atoms with van der Waals surface area (Å²) < 4.78 is 0. The number of carboxylic acids is 1. The number of amides is 1. The smallest absolute Gasteiger partial charge is 0.326 e. The van der Waals surface area contributed by atoms with Crippen LogP contribution in [0.5, 0.6) is 0 Å². The van der Waals surface area contributed by atoms with E-state index < -0.39 is 12.0 Å². The van der Waals surface area contributed by atoms with Crippen LogP contribution in [0.1, 0.15) is 11.1 Å². The molecular formula is C23H23NO3S2. The van der Waals surface area contributed by atoms with Crippen LogP contribution in [0.4, 0.5) is 0 Å². The fourth-order valence-corrected chi connectivity index (χ4v) is 4.09. The number of benzene rings is 2. The lowest BCUT2D eigenvalue weighted by molar-refractivity contribution is -0.142. The third-order valence-electron chi connectivity index (χ3n) is 4.78. The van der Waals surface area contributed by atoms with E-state index in [1.807, 2.05) is 66.0 Å². The van der Waals surface area contributed by atoms with E-state index in [4.69, 9.17) is 0 Å². The summed E-state index contributed by atoms with van der Waals surface area (Å²) in [6.07, 6.45) is 0.757. The van der Waals surface area contributed by atoms with Crippen molar-refractivity contribution < 1.29 is 14.7 Å². The van der Waals surface area contributed by atoms with Gasteiger partial charge in [0.2, 0.25) is 5.91 Å². The van der Waals surface area contributed by atoms with E-state index in [9.17, 15) is 14.7 Å². The number of thiol groups is 1. The van der Waals surface area contributed by atoms with E-state index in [-0.39, 0.29) is 18.2 Å². The van der Waals surface area contributed by atoms with E-state index in [0.717, 1.165) is 22.3 Å². The predicted octanol–water partition coefficient (Wildman–Crippen LogP) is 4.32. The maximum absolute atomic E-state index is 12.7. The van der Waals surface area contributed by atoms with Crippen molar-refractivity contribution in [1.29, 1.82) is 0 Å². The van der Waals surface area contributed by atoms with Gasteiger partial charge in [0.05, 0.1) is 5.92 Å². The van der Waals surface area contributed by atoms with Gasteiger partial charge < -0.3 is 10.4 Å². The summed E-state index contributed by atoms with van der Waals surface area (Å²) >= 11 is 5.93. The first kappa shape index (κ1) is 21.1. The highest BCUT2D eigenvalue weighted by atomic mass is 32.1. The molecule has 0 bridgehead atoms. The van der Waals surface area contributed by atoms with Gasteiger partial charge in [0.15, 0.2) is 0 Å². The highest BCUT2D eigenvalue weighted by molar-refractivity contribution is 7.80. The number of nitrogens with one attached hydrogen (secondary N) is 1. The van der Waals surface area contributed by atoms with Gasteiger partial charge in [-0.3, -0.25) is 4.79 Å². The molecule has 1 amide bonds. The Morgan fingerprint density at radius 2 is 1.62 bits per heavy atom. The monoisotopic (exact) mass is 425 g/mol. The van der Waals surface area contributed by atoms with Gasteiger partial charge in [-0.05, 0) is 45.5 Å². The average Bonchev–Trinajstić information content (AvgIpc) is 3.27. The number of hydrogen-bond acceptors (Lipinski definition) is 4. The van der Waals surface area contributed by atoms with Crippen LogP contribution >= 0.6 is 24.0 Å². The van der Waals surface area contributed by atoms with Crippen molar-refractivity contribution >= 4 is 35.8 Å². The van der Waals surface area contributed by atoms with Gasteiger partial charge in [0.25, 0.3) is 0 Å². The average molecular weight is 426 g/mol. The molecule has 0 radical (unpaired) electrons. The summed E-state index contributed by atoms with van der Waals surface area (Å²) in [5.41, 5.74) is 4.12. The summed E-state index contributed by atoms with van der Waals surface area (Å²) in [6, 6.07) is 18.5. The molecule has 0 saturated heterocycles. The fourth-order valence-electron chi connectivity index (χ4n) is 3.13. The van der Waals surface area contributed by atoms with Crippen LogP contribution in [-0.4, -0.2) is 28.8 Å². The molecule has 0 aliphatic carbocycles. The number of rotatable bonds is 9. The molecule has 1 aromatic heterocycles. The number of thiophene rings is 1. The van der Waals surface area contributed by atoms with Gasteiger partial charge in [-0.1, -0.05) is 54.6 Å². The highest BCUT2D eigenvalue weighted by Gasteiger charge is 2.25. The largest absolute Gasteiger partial charge is 0.480 e. The highest BCUT2D eigenvalue weighted by Crippen LogP contribution is 2.22. The second kappa shape index (κ2) is 10.3. The lowest BCUT2D eigenvalue weighted by Gasteiger charge is -2.19. The SMILES string of the molecule is O=C(N[C@@H](Cc1ccc(-c2ccsc2)cc1)C(=O)O)[C@@H](CS)Cc1ccccc1. The van der Waals surface area contributed by atoms with Crippen molar-refractivity contribution in [2.24, 2.45) is 5.92 Å². The first-order valence-corrected chi connectivity index (χ1v) is 10.9. The zero-order chi connectivity index (χ0) is 20.6. The molecule has 0 unspecified atom stereocenters. The van der Waals surface area contributed by atoms with E-state index in [2.05, 4.69) is 23.3 Å². The molecule has 4 nitrogen and oxygen atoms in total. The first-order valence-electron chi connectivity index (χ1n) is 9.36. The summed E-state index contributed by atoms with van der Waals surface area (Å²) in [5, 5.41) is 16.4. The Kier molecular flexibility index (Phi) is 7.49. The fraction of sp³-hybridized carbons (Fsp3) is 0.217. The topological polar surface area (TPSA) is 66.4 Å². The van der Waals surface area contributed by atoms with E-state index >= 15 is 0 Å². The molecule has 0 saturated carbocycles. The Morgan fingerprint density at radius 3 is 2.21 bits per heavy atom. The van der Waals surface area contributed by atoms with Gasteiger partial charge in [0, 0.05) is 12.2 Å². The van der Waals surface area contributed by atoms with Crippen molar-refractivity contribution in [1.82, 2.24) is 5.32 Å². The maximum Gasteiger partial charge on any atom is 0.326 e. The van der Waals surface area contributed by atoms with Gasteiger partial charge in [-0.25, -0.2) is 4.79 Å². The first-order chi connectivity index (χ1) is 14.1. The van der Waals surface area contributed by atoms with Gasteiger partial charge in [-0.15, -0.1) is 0 Å². The quantitative estimate of drug-likeness (QED) is 0.448. The van der Waals surface area contributed by atoms with Crippen molar-refractivity contribution in [3.8, 4) is 11.1 Å². The predicted molar refractivity (Wildman–Crippen MR) is 121 cm³/mol. The second-order valence-corrected chi connectivity index (χ2v) is 8.03. The minimum Gasteiger partial charge on any atom is -0.480 e. The summed E-state index contributed by atoms with van der Waals surface area (Å²) in [5.74, 6) is -1.37. The molecule has 29 heavy (non-hydrogen) atoms. The standard InChI is InChI=1S/C23H23NO3S2/c25-22(20(14-28)12-16-4-2-1-3-5-16)24-21(23(26)27)13-17-6-8-18(9-7-17)19-10-11-29-15-19/h1-11,15,20-21,28H,12-14H2,(H,24,25)(H,26,27)/t20-,21+/m1/s1. The molecule has 150 valence electrons. The molecule has 3 rings (SSSR count). The van der Waals surface area contributed by atoms with Crippen molar-refractivity contribution in [2.75, 3.05) is 5.75 Å². The molecule has 2 aromatic carbocycles. The number of hydrogen-bond donors (Lipinski definition) is 3. The molecule has 3 aromatic rings. The third kappa shape index (κ3) is 5.95. The van der Waals surface area contributed by atoms with E-state index in [0.29, 0.717) is 12.2 Å². The molecular weight excluding hydrogens is 402 g/mol. The Morgan fingerprint density at radius 1 is 0.931 bits per heavy atom. The minimum atomic E-state index is -1.04. The van der Waals surface area contributed by atoms with Gasteiger partial charge in [-0.2, -0.15) is 24.0 Å². The summed E-state index contributed by atoms with van der Waals surface area (Å²) in [7, 11) is 0. The van der Waals surface area contributed by atoms with E-state index in [1.54, 1.807) is 11.3 Å². The van der Waals surface area contributed by atoms with Crippen molar-refractivity contribution in [3.63, 3.8) is 0 Å². The number of carbonyl (C=O) groups excluding carboxylic acids is 1. The maximum atomic E-state index is 12.7. The summed E-state index contributed by atoms with van der Waals surface area (Å²) in [4.78, 5) is 24.4. The van der Waals surface area contributed by atoms with Gasteiger partial charge in [0.1, 0.15) is 6.04 Å².